The van der Waals surface area contributed by atoms with Gasteiger partial charge in [-0.15, -0.1) is 0 Å². The van der Waals surface area contributed by atoms with Crippen LogP contribution in [0.4, 0.5) is 13.2 Å². The predicted molar refractivity (Wildman–Crippen MR) is 52.3 cm³/mol. The number of aromatic nitrogens is 2. The molecule has 0 saturated heterocycles. The Morgan fingerprint density at radius 3 is 2.53 bits per heavy atom. The lowest BCUT2D eigenvalue weighted by atomic mass is 10.1. The molecule has 2 rings (SSSR count). The lowest BCUT2D eigenvalue weighted by Gasteiger charge is -2.08. The summed E-state index contributed by atoms with van der Waals surface area (Å²) >= 11 is 0. The van der Waals surface area contributed by atoms with Crippen LogP contribution < -0.4 is 5.76 Å². The summed E-state index contributed by atoms with van der Waals surface area (Å²) in [4.78, 5) is 12.9. The van der Waals surface area contributed by atoms with Gasteiger partial charge in [0.25, 0.3) is 0 Å². The van der Waals surface area contributed by atoms with Crippen molar-refractivity contribution in [2.75, 3.05) is 0 Å². The van der Waals surface area contributed by atoms with Crippen LogP contribution in [0.2, 0.25) is 0 Å². The third-order valence-corrected chi connectivity index (χ3v) is 2.12. The number of alkyl halides is 3. The molecule has 2 aromatic rings. The molecule has 0 aliphatic rings. The van der Waals surface area contributed by atoms with Gasteiger partial charge in [0.05, 0.1) is 5.56 Å². The zero-order valence-electron chi connectivity index (χ0n) is 8.63. The van der Waals surface area contributed by atoms with Crippen molar-refractivity contribution in [1.29, 1.82) is 0 Å². The van der Waals surface area contributed by atoms with Crippen LogP contribution in [-0.2, 0) is 6.18 Å². The molecule has 0 aliphatic heterocycles. The maximum Gasteiger partial charge on any atom is 0.439 e. The number of aryl methyl sites for hydroxylation is 1. The average Bonchev–Trinajstić information content (AvgIpc) is 2.62. The molecule has 1 aromatic heterocycles. The summed E-state index contributed by atoms with van der Waals surface area (Å²) in [6.45, 7) is 1.52. The maximum atomic E-state index is 12.6. The summed E-state index contributed by atoms with van der Waals surface area (Å²) in [6, 6.07) is 3.39. The Labute approximate surface area is 93.1 Å². The lowest BCUT2D eigenvalue weighted by Crippen LogP contribution is -2.05. The van der Waals surface area contributed by atoms with E-state index in [2.05, 4.69) is 14.7 Å². The molecule has 0 spiro atoms. The monoisotopic (exact) mass is 244 g/mol. The van der Waals surface area contributed by atoms with E-state index in [-0.39, 0.29) is 11.4 Å². The fourth-order valence-electron chi connectivity index (χ4n) is 1.44. The number of nitrogens with one attached hydrogen (secondary N) is 1. The summed E-state index contributed by atoms with van der Waals surface area (Å²) in [5.74, 6) is -0.834. The normalized spacial score (nSPS) is 11.8. The molecular weight excluding hydrogens is 237 g/mol. The Hall–Kier alpha value is -2.05. The Kier molecular flexibility index (Phi) is 2.53. The molecule has 0 saturated carbocycles. The van der Waals surface area contributed by atoms with Crippen molar-refractivity contribution in [2.24, 2.45) is 0 Å². The molecule has 4 nitrogen and oxygen atoms in total. The van der Waals surface area contributed by atoms with Gasteiger partial charge in [0.2, 0.25) is 0 Å². The van der Waals surface area contributed by atoms with Crippen LogP contribution >= 0.6 is 0 Å². The van der Waals surface area contributed by atoms with Crippen molar-refractivity contribution in [3.8, 4) is 11.4 Å². The standard InChI is InChI=1S/C10H7F3N2O2/c1-5-2-6(8-14-9(16)17-15-8)4-7(3-5)10(11,12)13/h2-4H,1H3,(H,14,15,16). The van der Waals surface area contributed by atoms with Crippen molar-refractivity contribution >= 4 is 0 Å². The molecule has 1 heterocycles. The molecule has 7 heteroatoms. The maximum absolute atomic E-state index is 12.6. The van der Waals surface area contributed by atoms with E-state index in [4.69, 9.17) is 0 Å². The summed E-state index contributed by atoms with van der Waals surface area (Å²) in [6.07, 6.45) is -4.44. The quantitative estimate of drug-likeness (QED) is 0.837. The van der Waals surface area contributed by atoms with E-state index in [0.717, 1.165) is 12.1 Å². The Balaban J connectivity index is 2.56. The van der Waals surface area contributed by atoms with Gasteiger partial charge in [-0.25, -0.2) is 4.79 Å². The molecule has 0 unspecified atom stereocenters. The fraction of sp³-hybridized carbons (Fsp3) is 0.200. The van der Waals surface area contributed by atoms with Crippen LogP contribution in [0.15, 0.2) is 27.5 Å². The number of H-pyrrole nitrogens is 1. The molecule has 1 N–H and O–H groups in total. The largest absolute Gasteiger partial charge is 0.439 e. The highest BCUT2D eigenvalue weighted by Crippen LogP contribution is 2.32. The van der Waals surface area contributed by atoms with Crippen LogP contribution in [-0.4, -0.2) is 10.1 Å². The van der Waals surface area contributed by atoms with Gasteiger partial charge >= 0.3 is 11.9 Å². The van der Waals surface area contributed by atoms with Crippen LogP contribution in [0.25, 0.3) is 11.4 Å². The number of halogens is 3. The minimum atomic E-state index is -4.44. The van der Waals surface area contributed by atoms with Gasteiger partial charge in [-0.3, -0.25) is 9.51 Å². The van der Waals surface area contributed by atoms with Crippen LogP contribution in [0.3, 0.4) is 0 Å². The molecule has 0 bridgehead atoms. The summed E-state index contributed by atoms with van der Waals surface area (Å²) < 4.78 is 41.9. The van der Waals surface area contributed by atoms with E-state index in [1.54, 1.807) is 0 Å². The van der Waals surface area contributed by atoms with E-state index in [1.807, 2.05) is 0 Å². The van der Waals surface area contributed by atoms with Gasteiger partial charge in [-0.1, -0.05) is 5.16 Å². The number of aromatic amines is 1. The fourth-order valence-corrected chi connectivity index (χ4v) is 1.44. The smallest absolute Gasteiger partial charge is 0.296 e. The number of rotatable bonds is 1. The first-order valence-electron chi connectivity index (χ1n) is 4.61. The van der Waals surface area contributed by atoms with Crippen LogP contribution in [0.1, 0.15) is 11.1 Å². The van der Waals surface area contributed by atoms with Gasteiger partial charge in [0, 0.05) is 5.56 Å². The molecule has 0 aliphatic carbocycles. The van der Waals surface area contributed by atoms with E-state index < -0.39 is 17.5 Å². The SMILES string of the molecule is Cc1cc(-c2noc(=O)[nH]2)cc(C(F)(F)F)c1. The Bertz CT molecular complexity index is 598. The second kappa shape index (κ2) is 3.76. The zero-order valence-corrected chi connectivity index (χ0v) is 8.63. The second-order valence-corrected chi connectivity index (χ2v) is 3.53. The first-order valence-corrected chi connectivity index (χ1v) is 4.61. The van der Waals surface area contributed by atoms with Crippen molar-refractivity contribution in [3.63, 3.8) is 0 Å². The summed E-state index contributed by atoms with van der Waals surface area (Å²) in [7, 11) is 0. The minimum absolute atomic E-state index is 0.0239. The highest BCUT2D eigenvalue weighted by Gasteiger charge is 2.31. The van der Waals surface area contributed by atoms with E-state index in [9.17, 15) is 18.0 Å². The highest BCUT2D eigenvalue weighted by molar-refractivity contribution is 5.57. The molecular formula is C10H7F3N2O2. The van der Waals surface area contributed by atoms with Gasteiger partial charge in [0.15, 0.2) is 5.82 Å². The molecule has 0 amide bonds. The first kappa shape index (κ1) is 11.4. The van der Waals surface area contributed by atoms with Gasteiger partial charge in [0.1, 0.15) is 0 Å². The molecule has 0 atom stereocenters. The third-order valence-electron chi connectivity index (χ3n) is 2.12. The minimum Gasteiger partial charge on any atom is -0.296 e. The van der Waals surface area contributed by atoms with E-state index >= 15 is 0 Å². The topological polar surface area (TPSA) is 58.9 Å². The second-order valence-electron chi connectivity index (χ2n) is 3.53. The van der Waals surface area contributed by atoms with Gasteiger partial charge in [-0.05, 0) is 30.7 Å². The predicted octanol–water partition coefficient (Wildman–Crippen LogP) is 2.36. The van der Waals surface area contributed by atoms with Crippen molar-refractivity contribution in [2.45, 2.75) is 13.1 Å². The molecule has 0 radical (unpaired) electrons. The Morgan fingerprint density at radius 1 is 1.29 bits per heavy atom. The number of hydrogen-bond acceptors (Lipinski definition) is 3. The van der Waals surface area contributed by atoms with Gasteiger partial charge < -0.3 is 0 Å². The zero-order chi connectivity index (χ0) is 12.6. The summed E-state index contributed by atoms with van der Waals surface area (Å²) in [5.41, 5.74) is -0.224. The third kappa shape index (κ3) is 2.38. The molecule has 17 heavy (non-hydrogen) atoms. The highest BCUT2D eigenvalue weighted by atomic mass is 19.4. The molecule has 90 valence electrons. The first-order chi connectivity index (χ1) is 7.86. The van der Waals surface area contributed by atoms with E-state index in [1.165, 1.54) is 13.0 Å². The van der Waals surface area contributed by atoms with Crippen molar-refractivity contribution in [3.05, 3.63) is 39.9 Å². The van der Waals surface area contributed by atoms with Crippen LogP contribution in [0, 0.1) is 6.92 Å². The average molecular weight is 244 g/mol. The summed E-state index contributed by atoms with van der Waals surface area (Å²) in [5, 5.41) is 3.34. The van der Waals surface area contributed by atoms with Crippen LogP contribution in [0.5, 0.6) is 0 Å². The molecule has 1 aromatic carbocycles. The number of benzene rings is 1. The van der Waals surface area contributed by atoms with Crippen molar-refractivity contribution < 1.29 is 17.7 Å². The van der Waals surface area contributed by atoms with Crippen molar-refractivity contribution in [1.82, 2.24) is 10.1 Å². The number of nitrogens with zero attached hydrogens (tertiary/aromatic N) is 1. The molecule has 0 fully saturated rings. The number of hydrogen-bond donors (Lipinski definition) is 1. The van der Waals surface area contributed by atoms with Gasteiger partial charge in [-0.2, -0.15) is 13.2 Å². The lowest BCUT2D eigenvalue weighted by molar-refractivity contribution is -0.137. The van der Waals surface area contributed by atoms with E-state index in [0.29, 0.717) is 5.56 Å². The Morgan fingerprint density at radius 2 is 2.00 bits per heavy atom.